The van der Waals surface area contributed by atoms with Crippen LogP contribution in [0.25, 0.3) is 0 Å². The van der Waals surface area contributed by atoms with Crippen LogP contribution in [0.1, 0.15) is 23.0 Å². The predicted octanol–water partition coefficient (Wildman–Crippen LogP) is 0.841. The highest BCUT2D eigenvalue weighted by Crippen LogP contribution is 2.02. The summed E-state index contributed by atoms with van der Waals surface area (Å²) in [5.74, 6) is -1.01. The van der Waals surface area contributed by atoms with Gasteiger partial charge in [0.05, 0.1) is 5.69 Å². The van der Waals surface area contributed by atoms with Crippen LogP contribution in [0.4, 0.5) is 0 Å². The maximum Gasteiger partial charge on any atom is 0.339 e. The number of hydrogen-bond acceptors (Lipinski definition) is 4. The van der Waals surface area contributed by atoms with E-state index in [4.69, 9.17) is 5.11 Å². The monoisotopic (exact) mass is 207 g/mol. The average Bonchev–Trinajstić information content (AvgIpc) is 2.17. The Balaban J connectivity index is 2.67. The molecule has 15 heavy (non-hydrogen) atoms. The lowest BCUT2D eigenvalue weighted by atomic mass is 10.2. The molecule has 0 saturated carbocycles. The van der Waals surface area contributed by atoms with Gasteiger partial charge in [-0.05, 0) is 6.92 Å². The van der Waals surface area contributed by atoms with E-state index in [0.29, 0.717) is 18.8 Å². The summed E-state index contributed by atoms with van der Waals surface area (Å²) in [7, 11) is 0. The van der Waals surface area contributed by atoms with Crippen LogP contribution >= 0.6 is 0 Å². The van der Waals surface area contributed by atoms with Gasteiger partial charge in [-0.15, -0.1) is 0 Å². The molecule has 0 aliphatic heterocycles. The van der Waals surface area contributed by atoms with E-state index in [-0.39, 0.29) is 5.56 Å². The van der Waals surface area contributed by atoms with Crippen molar-refractivity contribution < 1.29 is 9.90 Å². The average molecular weight is 207 g/mol. The third-order valence-corrected chi connectivity index (χ3v) is 1.74. The Labute approximate surface area is 87.9 Å². The van der Waals surface area contributed by atoms with Gasteiger partial charge < -0.3 is 10.4 Å². The van der Waals surface area contributed by atoms with E-state index in [0.717, 1.165) is 5.57 Å². The van der Waals surface area contributed by atoms with E-state index in [2.05, 4.69) is 21.9 Å². The van der Waals surface area contributed by atoms with Gasteiger partial charge in [-0.3, -0.25) is 0 Å². The Hall–Kier alpha value is -1.75. The van der Waals surface area contributed by atoms with Crippen molar-refractivity contribution >= 4 is 5.97 Å². The molecule has 5 nitrogen and oxygen atoms in total. The lowest BCUT2D eigenvalue weighted by Crippen LogP contribution is -2.18. The molecule has 1 aromatic rings. The van der Waals surface area contributed by atoms with E-state index in [1.54, 1.807) is 0 Å². The van der Waals surface area contributed by atoms with Gasteiger partial charge in [0.2, 0.25) is 0 Å². The molecule has 0 aliphatic rings. The van der Waals surface area contributed by atoms with Crippen LogP contribution in [0.3, 0.4) is 0 Å². The lowest BCUT2D eigenvalue weighted by molar-refractivity contribution is 0.0694. The molecular formula is C10H13N3O2. The molecule has 1 heterocycles. The largest absolute Gasteiger partial charge is 0.478 e. The molecule has 1 aromatic heterocycles. The summed E-state index contributed by atoms with van der Waals surface area (Å²) in [4.78, 5) is 18.4. The summed E-state index contributed by atoms with van der Waals surface area (Å²) in [5, 5.41) is 11.9. The van der Waals surface area contributed by atoms with Crippen molar-refractivity contribution in [3.05, 3.63) is 35.9 Å². The highest BCUT2D eigenvalue weighted by atomic mass is 16.4. The normalized spacial score (nSPS) is 9.93. The molecule has 0 fully saturated rings. The Morgan fingerprint density at radius 2 is 2.40 bits per heavy atom. The van der Waals surface area contributed by atoms with Gasteiger partial charge in [0.25, 0.3) is 0 Å². The second-order valence-corrected chi connectivity index (χ2v) is 3.25. The third-order valence-electron chi connectivity index (χ3n) is 1.74. The first-order valence-electron chi connectivity index (χ1n) is 4.48. The van der Waals surface area contributed by atoms with Crippen LogP contribution < -0.4 is 5.32 Å². The SMILES string of the molecule is C=C(C)CNCc1ncncc1C(=O)O. The molecule has 0 radical (unpaired) electrons. The van der Waals surface area contributed by atoms with Gasteiger partial charge in [-0.2, -0.15) is 0 Å². The fourth-order valence-electron chi connectivity index (χ4n) is 1.07. The molecule has 2 N–H and O–H groups in total. The van der Waals surface area contributed by atoms with E-state index in [1.807, 2.05) is 6.92 Å². The summed E-state index contributed by atoms with van der Waals surface area (Å²) < 4.78 is 0. The maximum absolute atomic E-state index is 10.8. The zero-order valence-corrected chi connectivity index (χ0v) is 8.53. The molecule has 80 valence electrons. The number of nitrogens with zero attached hydrogens (tertiary/aromatic N) is 2. The zero-order valence-electron chi connectivity index (χ0n) is 8.53. The van der Waals surface area contributed by atoms with Gasteiger partial charge in [-0.25, -0.2) is 14.8 Å². The van der Waals surface area contributed by atoms with Crippen molar-refractivity contribution in [2.45, 2.75) is 13.5 Å². The number of aromatic nitrogens is 2. The van der Waals surface area contributed by atoms with Gasteiger partial charge >= 0.3 is 5.97 Å². The highest BCUT2D eigenvalue weighted by molar-refractivity contribution is 5.88. The number of carboxylic acid groups (broad SMARTS) is 1. The molecular weight excluding hydrogens is 194 g/mol. The first-order chi connectivity index (χ1) is 7.11. The number of carboxylic acids is 1. The van der Waals surface area contributed by atoms with Crippen LogP contribution in [0.15, 0.2) is 24.7 Å². The molecule has 0 unspecified atom stereocenters. The molecule has 1 rings (SSSR count). The minimum Gasteiger partial charge on any atom is -0.478 e. The number of nitrogens with one attached hydrogen (secondary N) is 1. The fourth-order valence-corrected chi connectivity index (χ4v) is 1.07. The van der Waals surface area contributed by atoms with Crippen LogP contribution in [0.2, 0.25) is 0 Å². The standard InChI is InChI=1S/C10H13N3O2/c1-7(2)3-11-5-9-8(10(14)15)4-12-6-13-9/h4,6,11H,1,3,5H2,2H3,(H,14,15). The van der Waals surface area contributed by atoms with Crippen molar-refractivity contribution in [3.63, 3.8) is 0 Å². The van der Waals surface area contributed by atoms with Crippen LogP contribution in [0.5, 0.6) is 0 Å². The van der Waals surface area contributed by atoms with Crippen molar-refractivity contribution in [2.75, 3.05) is 6.54 Å². The fraction of sp³-hybridized carbons (Fsp3) is 0.300. The summed E-state index contributed by atoms with van der Waals surface area (Å²) in [6.07, 6.45) is 2.64. The number of aromatic carboxylic acids is 1. The lowest BCUT2D eigenvalue weighted by Gasteiger charge is -2.05. The molecule has 0 aromatic carbocycles. The number of carbonyl (C=O) groups is 1. The minimum atomic E-state index is -1.01. The molecule has 5 heteroatoms. The number of hydrogen-bond donors (Lipinski definition) is 2. The molecule has 0 atom stereocenters. The maximum atomic E-state index is 10.8. The second-order valence-electron chi connectivity index (χ2n) is 3.25. The molecule has 0 bridgehead atoms. The van der Waals surface area contributed by atoms with Crippen LogP contribution in [0, 0.1) is 0 Å². The Bertz CT molecular complexity index is 377. The second kappa shape index (κ2) is 5.21. The summed E-state index contributed by atoms with van der Waals surface area (Å²) in [6, 6.07) is 0. The summed E-state index contributed by atoms with van der Waals surface area (Å²) >= 11 is 0. The Morgan fingerprint density at radius 3 is 3.00 bits per heavy atom. The van der Waals surface area contributed by atoms with Crippen LogP contribution in [-0.2, 0) is 6.54 Å². The molecule has 0 saturated heterocycles. The predicted molar refractivity (Wildman–Crippen MR) is 55.5 cm³/mol. The summed E-state index contributed by atoms with van der Waals surface area (Å²) in [5.41, 5.74) is 1.60. The molecule has 0 spiro atoms. The van der Waals surface area contributed by atoms with Crippen molar-refractivity contribution in [1.29, 1.82) is 0 Å². The van der Waals surface area contributed by atoms with E-state index in [1.165, 1.54) is 12.5 Å². The first kappa shape index (κ1) is 11.3. The van der Waals surface area contributed by atoms with Crippen molar-refractivity contribution in [1.82, 2.24) is 15.3 Å². The molecule has 0 aliphatic carbocycles. The van der Waals surface area contributed by atoms with E-state index in [9.17, 15) is 4.79 Å². The quantitative estimate of drug-likeness (QED) is 0.700. The van der Waals surface area contributed by atoms with Gasteiger partial charge in [0.1, 0.15) is 11.9 Å². The van der Waals surface area contributed by atoms with Crippen molar-refractivity contribution in [2.24, 2.45) is 0 Å². The highest BCUT2D eigenvalue weighted by Gasteiger charge is 2.10. The van der Waals surface area contributed by atoms with Gasteiger partial charge in [0.15, 0.2) is 0 Å². The Morgan fingerprint density at radius 1 is 1.67 bits per heavy atom. The van der Waals surface area contributed by atoms with Gasteiger partial charge in [-0.1, -0.05) is 12.2 Å². The van der Waals surface area contributed by atoms with Crippen molar-refractivity contribution in [3.8, 4) is 0 Å². The number of rotatable bonds is 5. The first-order valence-corrected chi connectivity index (χ1v) is 4.48. The smallest absolute Gasteiger partial charge is 0.339 e. The van der Waals surface area contributed by atoms with E-state index >= 15 is 0 Å². The van der Waals surface area contributed by atoms with Gasteiger partial charge in [0, 0.05) is 19.3 Å². The third kappa shape index (κ3) is 3.47. The van der Waals surface area contributed by atoms with Crippen LogP contribution in [-0.4, -0.2) is 27.6 Å². The minimum absolute atomic E-state index is 0.131. The molecule has 0 amide bonds. The Kier molecular flexibility index (Phi) is 3.93. The zero-order chi connectivity index (χ0) is 11.3. The van der Waals surface area contributed by atoms with E-state index < -0.39 is 5.97 Å². The summed E-state index contributed by atoms with van der Waals surface area (Å²) in [6.45, 7) is 6.67. The topological polar surface area (TPSA) is 75.1 Å².